The van der Waals surface area contributed by atoms with E-state index in [0.29, 0.717) is 11.8 Å². The molecule has 0 bridgehead atoms. The van der Waals surface area contributed by atoms with Crippen LogP contribution in [0.3, 0.4) is 0 Å². The van der Waals surface area contributed by atoms with Crippen molar-refractivity contribution >= 4 is 12.3 Å². The standard InChI is InChI=1S/C24H32O9/c1-24-7-6-12-13(15(24)4-5-19(24)28)3-2-11-8-18(16(26)9-14(11)12)33-23(32)22(31)21(30)20(29)17(27)10-25/h8-10,12-13,15,17,19-22,26-31H,2-7H2,1H3/t12-,13+,15-,17-,19-,20+,21-,22-,24-/m0/s1. The van der Waals surface area contributed by atoms with Crippen molar-refractivity contribution in [2.24, 2.45) is 17.3 Å². The fraction of sp³-hybridized carbons (Fsp3) is 0.667. The van der Waals surface area contributed by atoms with Gasteiger partial charge in [-0.3, -0.25) is 0 Å². The number of benzene rings is 1. The van der Waals surface area contributed by atoms with E-state index in [1.807, 2.05) is 0 Å². The van der Waals surface area contributed by atoms with Crippen molar-refractivity contribution < 1.29 is 45.0 Å². The summed E-state index contributed by atoms with van der Waals surface area (Å²) in [5.74, 6) is -0.687. The minimum absolute atomic E-state index is 0.0331. The molecule has 9 nitrogen and oxygen atoms in total. The summed E-state index contributed by atoms with van der Waals surface area (Å²) in [6.07, 6.45) is -3.46. The lowest BCUT2D eigenvalue weighted by molar-refractivity contribution is -0.161. The minimum atomic E-state index is -2.24. The van der Waals surface area contributed by atoms with Crippen molar-refractivity contribution in [1.82, 2.24) is 0 Å². The number of hydrogen-bond donors (Lipinski definition) is 6. The maximum atomic E-state index is 12.3. The van der Waals surface area contributed by atoms with Crippen LogP contribution < -0.4 is 4.74 Å². The van der Waals surface area contributed by atoms with Gasteiger partial charge in [-0.1, -0.05) is 6.92 Å². The summed E-state index contributed by atoms with van der Waals surface area (Å²) in [6.45, 7) is 2.19. The number of phenolic OH excluding ortho intramolecular Hbond substituents is 1. The van der Waals surface area contributed by atoms with Gasteiger partial charge >= 0.3 is 5.97 Å². The van der Waals surface area contributed by atoms with Gasteiger partial charge in [0.05, 0.1) is 6.10 Å². The summed E-state index contributed by atoms with van der Waals surface area (Å²) in [6, 6.07) is 3.16. The second kappa shape index (κ2) is 8.96. The fourth-order valence-corrected chi connectivity index (χ4v) is 6.42. The van der Waals surface area contributed by atoms with Gasteiger partial charge in [-0.2, -0.15) is 0 Å². The molecule has 0 aliphatic heterocycles. The van der Waals surface area contributed by atoms with Gasteiger partial charge in [0, 0.05) is 0 Å². The Hall–Kier alpha value is -2.04. The highest BCUT2D eigenvalue weighted by Crippen LogP contribution is 2.61. The number of phenols is 1. The third-order valence-corrected chi connectivity index (χ3v) is 8.37. The zero-order valence-corrected chi connectivity index (χ0v) is 18.5. The molecule has 4 rings (SSSR count). The molecular formula is C24H32O9. The number of aromatic hydroxyl groups is 1. The normalized spacial score (nSPS) is 34.2. The van der Waals surface area contributed by atoms with Crippen molar-refractivity contribution in [3.05, 3.63) is 23.3 Å². The van der Waals surface area contributed by atoms with E-state index >= 15 is 0 Å². The molecule has 1 aromatic rings. The van der Waals surface area contributed by atoms with Gasteiger partial charge in [0.2, 0.25) is 0 Å². The second-order valence-electron chi connectivity index (χ2n) is 10.0. The van der Waals surface area contributed by atoms with Gasteiger partial charge < -0.3 is 40.2 Å². The number of rotatable bonds is 6. The molecule has 0 spiro atoms. The highest BCUT2D eigenvalue weighted by Gasteiger charge is 2.54. The summed E-state index contributed by atoms with van der Waals surface area (Å²) in [4.78, 5) is 22.8. The van der Waals surface area contributed by atoms with Crippen LogP contribution in [0.1, 0.15) is 56.1 Å². The summed E-state index contributed by atoms with van der Waals surface area (Å²) < 4.78 is 5.08. The minimum Gasteiger partial charge on any atom is -0.504 e. The van der Waals surface area contributed by atoms with Crippen molar-refractivity contribution in [1.29, 1.82) is 0 Å². The molecule has 2 saturated carbocycles. The van der Waals surface area contributed by atoms with Gasteiger partial charge in [-0.25, -0.2) is 4.79 Å². The number of hydrogen-bond acceptors (Lipinski definition) is 9. The van der Waals surface area contributed by atoms with Crippen LogP contribution in [0.4, 0.5) is 0 Å². The maximum absolute atomic E-state index is 12.3. The van der Waals surface area contributed by atoms with Crippen LogP contribution >= 0.6 is 0 Å². The van der Waals surface area contributed by atoms with E-state index < -0.39 is 30.4 Å². The molecule has 9 heteroatoms. The van der Waals surface area contributed by atoms with Crippen molar-refractivity contribution in [2.45, 2.75) is 81.9 Å². The number of ether oxygens (including phenoxy) is 1. The molecule has 0 aromatic heterocycles. The average molecular weight is 465 g/mol. The van der Waals surface area contributed by atoms with Gasteiger partial charge in [0.25, 0.3) is 0 Å². The summed E-state index contributed by atoms with van der Waals surface area (Å²) >= 11 is 0. The van der Waals surface area contributed by atoms with Crippen LogP contribution in [-0.2, 0) is 16.0 Å². The molecule has 33 heavy (non-hydrogen) atoms. The molecule has 0 heterocycles. The van der Waals surface area contributed by atoms with Crippen LogP contribution in [0.5, 0.6) is 11.5 Å². The van der Waals surface area contributed by atoms with Crippen LogP contribution in [0, 0.1) is 17.3 Å². The van der Waals surface area contributed by atoms with E-state index in [4.69, 9.17) is 4.74 Å². The van der Waals surface area contributed by atoms with Crippen molar-refractivity contribution in [3.63, 3.8) is 0 Å². The highest BCUT2D eigenvalue weighted by atomic mass is 16.6. The Balaban J connectivity index is 1.51. The Morgan fingerprint density at radius 3 is 2.55 bits per heavy atom. The van der Waals surface area contributed by atoms with Gasteiger partial charge in [0.15, 0.2) is 23.9 Å². The van der Waals surface area contributed by atoms with Crippen molar-refractivity contribution in [2.75, 3.05) is 0 Å². The van der Waals surface area contributed by atoms with E-state index in [1.54, 1.807) is 12.1 Å². The molecule has 9 atom stereocenters. The Bertz CT molecular complexity index is 917. The number of carbonyl (C=O) groups excluding carboxylic acids is 2. The SMILES string of the molecule is C[C@]12CC[C@@H]3c4cc(O)c(OC(=O)[C@@H](O)[C@@H](O)[C@H](O)[C@@H](O)C=O)cc4CC[C@H]3[C@@H]1CC[C@@H]2O. The maximum Gasteiger partial charge on any atom is 0.343 e. The fourth-order valence-electron chi connectivity index (χ4n) is 6.42. The molecule has 182 valence electrons. The Morgan fingerprint density at radius 1 is 1.12 bits per heavy atom. The molecule has 0 saturated heterocycles. The summed E-state index contributed by atoms with van der Waals surface area (Å²) in [5, 5.41) is 59.8. The quantitative estimate of drug-likeness (QED) is 0.195. The molecular weight excluding hydrogens is 432 g/mol. The van der Waals surface area contributed by atoms with Crippen LogP contribution in [0.2, 0.25) is 0 Å². The summed E-state index contributed by atoms with van der Waals surface area (Å²) in [5.41, 5.74) is 1.89. The van der Waals surface area contributed by atoms with Gasteiger partial charge in [-0.05, 0) is 85.0 Å². The predicted octanol–water partition coefficient (Wildman–Crippen LogP) is 0.157. The van der Waals surface area contributed by atoms with Gasteiger partial charge in [0.1, 0.15) is 18.3 Å². The number of aliphatic hydroxyl groups is 5. The van der Waals surface area contributed by atoms with Gasteiger partial charge in [-0.15, -0.1) is 0 Å². The van der Waals surface area contributed by atoms with E-state index in [0.717, 1.165) is 49.7 Å². The number of carbonyl (C=O) groups is 2. The smallest absolute Gasteiger partial charge is 0.343 e. The number of aliphatic hydroxyl groups excluding tert-OH is 5. The largest absolute Gasteiger partial charge is 0.504 e. The average Bonchev–Trinajstić information content (AvgIpc) is 3.11. The number of aryl methyl sites for hydroxylation is 1. The van der Waals surface area contributed by atoms with Crippen LogP contribution in [0.25, 0.3) is 0 Å². The molecule has 1 aromatic carbocycles. The summed E-state index contributed by atoms with van der Waals surface area (Å²) in [7, 11) is 0. The monoisotopic (exact) mass is 464 g/mol. The third-order valence-electron chi connectivity index (χ3n) is 8.37. The number of aldehydes is 1. The predicted molar refractivity (Wildman–Crippen MR) is 114 cm³/mol. The zero-order valence-electron chi connectivity index (χ0n) is 18.5. The lowest BCUT2D eigenvalue weighted by atomic mass is 9.55. The lowest BCUT2D eigenvalue weighted by Gasteiger charge is -2.50. The first kappa shape index (κ1) is 24.1. The second-order valence-corrected chi connectivity index (χ2v) is 10.0. The Kier molecular flexibility index (Phi) is 6.54. The molecule has 3 aliphatic rings. The first-order valence-electron chi connectivity index (χ1n) is 11.5. The van der Waals surface area contributed by atoms with E-state index in [9.17, 15) is 40.2 Å². The van der Waals surface area contributed by atoms with Crippen LogP contribution in [0.15, 0.2) is 12.1 Å². The topological polar surface area (TPSA) is 165 Å². The first-order valence-corrected chi connectivity index (χ1v) is 11.5. The number of esters is 1. The first-order chi connectivity index (χ1) is 15.6. The lowest BCUT2D eigenvalue weighted by Crippen LogP contribution is -2.49. The van der Waals surface area contributed by atoms with E-state index in [-0.39, 0.29) is 35.2 Å². The zero-order chi connectivity index (χ0) is 24.1. The van der Waals surface area contributed by atoms with Crippen LogP contribution in [-0.4, -0.2) is 73.4 Å². The molecule has 6 N–H and O–H groups in total. The van der Waals surface area contributed by atoms with Crippen molar-refractivity contribution in [3.8, 4) is 11.5 Å². The number of fused-ring (bicyclic) bond motifs is 5. The Morgan fingerprint density at radius 2 is 1.85 bits per heavy atom. The molecule has 0 unspecified atom stereocenters. The van der Waals surface area contributed by atoms with E-state index in [1.165, 1.54) is 0 Å². The third kappa shape index (κ3) is 4.06. The molecule has 0 amide bonds. The highest BCUT2D eigenvalue weighted by molar-refractivity contribution is 5.78. The molecule has 0 radical (unpaired) electrons. The molecule has 3 aliphatic carbocycles. The molecule has 2 fully saturated rings. The van der Waals surface area contributed by atoms with E-state index in [2.05, 4.69) is 6.92 Å². The Labute approximate surface area is 191 Å².